The van der Waals surface area contributed by atoms with Gasteiger partial charge in [0.1, 0.15) is 0 Å². The van der Waals surface area contributed by atoms with Crippen LogP contribution < -0.4 is 5.32 Å². The highest BCUT2D eigenvalue weighted by molar-refractivity contribution is 5.76. The van der Waals surface area contributed by atoms with E-state index in [1.807, 2.05) is 4.90 Å². The predicted octanol–water partition coefficient (Wildman–Crippen LogP) is -0.166. The molecule has 110 valence electrons. The van der Waals surface area contributed by atoms with E-state index in [-0.39, 0.29) is 0 Å². The summed E-state index contributed by atoms with van der Waals surface area (Å²) in [7, 11) is 4.35. The van der Waals surface area contributed by atoms with Crippen molar-refractivity contribution in [3.63, 3.8) is 0 Å². The molecule has 0 spiro atoms. The summed E-state index contributed by atoms with van der Waals surface area (Å²) in [6.45, 7) is 6.86. The minimum atomic E-state index is 0.317. The lowest BCUT2D eigenvalue weighted by atomic mass is 10.0. The predicted molar refractivity (Wildman–Crippen MR) is 77.2 cm³/mol. The molecule has 0 aliphatic carbocycles. The second-order valence-electron chi connectivity index (χ2n) is 5.92. The van der Waals surface area contributed by atoms with Crippen molar-refractivity contribution in [2.75, 3.05) is 59.9 Å². The van der Waals surface area contributed by atoms with Gasteiger partial charge in [0, 0.05) is 51.7 Å². The molecule has 0 aromatic heterocycles. The Morgan fingerprint density at radius 3 is 2.74 bits per heavy atom. The van der Waals surface area contributed by atoms with Crippen LogP contribution in [0.5, 0.6) is 0 Å². The summed E-state index contributed by atoms with van der Waals surface area (Å²) in [5, 5.41) is 3.28. The molecule has 1 amide bonds. The van der Waals surface area contributed by atoms with E-state index in [0.29, 0.717) is 18.4 Å². The summed E-state index contributed by atoms with van der Waals surface area (Å²) < 4.78 is 0. The van der Waals surface area contributed by atoms with Crippen LogP contribution in [0.4, 0.5) is 0 Å². The zero-order chi connectivity index (χ0) is 13.7. The van der Waals surface area contributed by atoms with Crippen molar-refractivity contribution in [1.82, 2.24) is 20.0 Å². The minimum Gasteiger partial charge on any atom is -0.340 e. The number of amides is 1. The second-order valence-corrected chi connectivity index (χ2v) is 5.92. The lowest BCUT2D eigenvalue weighted by Gasteiger charge is -2.36. The van der Waals surface area contributed by atoms with Crippen molar-refractivity contribution in [1.29, 1.82) is 0 Å². The quantitative estimate of drug-likeness (QED) is 0.769. The highest BCUT2D eigenvalue weighted by Gasteiger charge is 2.22. The SMILES string of the molecule is CN1CCCC(N(C)CCC(=O)N2CCNCC2)C1. The molecule has 5 heteroatoms. The fourth-order valence-corrected chi connectivity index (χ4v) is 3.03. The molecule has 1 N–H and O–H groups in total. The third kappa shape index (κ3) is 4.44. The smallest absolute Gasteiger partial charge is 0.223 e. The van der Waals surface area contributed by atoms with Crippen LogP contribution in [0.15, 0.2) is 0 Å². The van der Waals surface area contributed by atoms with Crippen LogP contribution in [0.3, 0.4) is 0 Å². The molecule has 0 aromatic carbocycles. The number of hydrogen-bond acceptors (Lipinski definition) is 4. The van der Waals surface area contributed by atoms with Gasteiger partial charge in [0.25, 0.3) is 0 Å². The van der Waals surface area contributed by atoms with Gasteiger partial charge < -0.3 is 20.0 Å². The maximum absolute atomic E-state index is 12.1. The van der Waals surface area contributed by atoms with E-state index in [2.05, 4.69) is 29.2 Å². The number of hydrogen-bond donors (Lipinski definition) is 1. The van der Waals surface area contributed by atoms with E-state index >= 15 is 0 Å². The summed E-state index contributed by atoms with van der Waals surface area (Å²) >= 11 is 0. The van der Waals surface area contributed by atoms with Crippen LogP contribution in [0.1, 0.15) is 19.3 Å². The number of carbonyl (C=O) groups is 1. The molecule has 2 aliphatic heterocycles. The standard InChI is InChI=1S/C14H28N4O/c1-16-8-3-4-13(12-16)17(2)9-5-14(19)18-10-6-15-7-11-18/h13,15H,3-12H2,1-2H3. The van der Waals surface area contributed by atoms with Crippen molar-refractivity contribution in [3.8, 4) is 0 Å². The minimum absolute atomic E-state index is 0.317. The molecule has 0 saturated carbocycles. The second kappa shape index (κ2) is 7.22. The first-order valence-corrected chi connectivity index (χ1v) is 7.54. The molecule has 19 heavy (non-hydrogen) atoms. The summed E-state index contributed by atoms with van der Waals surface area (Å²) in [6.07, 6.45) is 3.20. The van der Waals surface area contributed by atoms with E-state index in [4.69, 9.17) is 0 Å². The van der Waals surface area contributed by atoms with Gasteiger partial charge in [-0.3, -0.25) is 4.79 Å². The molecular weight excluding hydrogens is 240 g/mol. The number of rotatable bonds is 4. The molecule has 1 unspecified atom stereocenters. The molecular formula is C14H28N4O. The van der Waals surface area contributed by atoms with Crippen molar-refractivity contribution < 1.29 is 4.79 Å². The number of nitrogens with zero attached hydrogens (tertiary/aromatic N) is 3. The van der Waals surface area contributed by atoms with E-state index in [1.54, 1.807) is 0 Å². The molecule has 2 saturated heterocycles. The van der Waals surface area contributed by atoms with Gasteiger partial charge >= 0.3 is 0 Å². The van der Waals surface area contributed by atoms with Crippen LogP contribution in [-0.4, -0.2) is 86.6 Å². The Labute approximate surface area is 116 Å². The topological polar surface area (TPSA) is 38.8 Å². The summed E-state index contributed by atoms with van der Waals surface area (Å²) in [5.74, 6) is 0.317. The Kier molecular flexibility index (Phi) is 5.60. The monoisotopic (exact) mass is 268 g/mol. The summed E-state index contributed by atoms with van der Waals surface area (Å²) in [5.41, 5.74) is 0. The average molecular weight is 268 g/mol. The highest BCUT2D eigenvalue weighted by Crippen LogP contribution is 2.13. The normalized spacial score (nSPS) is 25.8. The third-order valence-corrected chi connectivity index (χ3v) is 4.37. The van der Waals surface area contributed by atoms with Gasteiger partial charge in [0.15, 0.2) is 0 Å². The number of piperidine rings is 1. The average Bonchev–Trinajstić information content (AvgIpc) is 2.45. The van der Waals surface area contributed by atoms with Crippen LogP contribution in [-0.2, 0) is 4.79 Å². The molecule has 2 heterocycles. The molecule has 0 radical (unpaired) electrons. The molecule has 5 nitrogen and oxygen atoms in total. The first kappa shape index (κ1) is 14.8. The van der Waals surface area contributed by atoms with Gasteiger partial charge in [-0.15, -0.1) is 0 Å². The Morgan fingerprint density at radius 2 is 2.05 bits per heavy atom. The molecule has 2 aliphatic rings. The van der Waals surface area contributed by atoms with E-state index in [1.165, 1.54) is 19.4 Å². The Balaban J connectivity index is 1.70. The number of likely N-dealkylation sites (tertiary alicyclic amines) is 1. The Bertz CT molecular complexity index is 291. The van der Waals surface area contributed by atoms with Gasteiger partial charge in [-0.2, -0.15) is 0 Å². The summed E-state index contributed by atoms with van der Waals surface area (Å²) in [4.78, 5) is 18.9. The molecule has 1 atom stereocenters. The lowest BCUT2D eigenvalue weighted by molar-refractivity contribution is -0.132. The third-order valence-electron chi connectivity index (χ3n) is 4.37. The van der Waals surface area contributed by atoms with E-state index in [0.717, 1.165) is 39.3 Å². The van der Waals surface area contributed by atoms with E-state index in [9.17, 15) is 4.79 Å². The highest BCUT2D eigenvalue weighted by atomic mass is 16.2. The number of piperazine rings is 1. The maximum Gasteiger partial charge on any atom is 0.223 e. The Hall–Kier alpha value is -0.650. The van der Waals surface area contributed by atoms with Crippen LogP contribution in [0, 0.1) is 0 Å². The van der Waals surface area contributed by atoms with E-state index < -0.39 is 0 Å². The number of nitrogens with one attached hydrogen (secondary N) is 1. The lowest BCUT2D eigenvalue weighted by Crippen LogP contribution is -2.48. The van der Waals surface area contributed by atoms with Gasteiger partial charge in [-0.05, 0) is 33.5 Å². The van der Waals surface area contributed by atoms with Gasteiger partial charge in [-0.25, -0.2) is 0 Å². The van der Waals surface area contributed by atoms with Gasteiger partial charge in [0.05, 0.1) is 0 Å². The van der Waals surface area contributed by atoms with Gasteiger partial charge in [0.2, 0.25) is 5.91 Å². The first-order valence-electron chi connectivity index (χ1n) is 7.54. The molecule has 2 fully saturated rings. The van der Waals surface area contributed by atoms with Crippen LogP contribution in [0.25, 0.3) is 0 Å². The first-order chi connectivity index (χ1) is 9.16. The maximum atomic E-state index is 12.1. The van der Waals surface area contributed by atoms with Crippen molar-refractivity contribution in [2.24, 2.45) is 0 Å². The van der Waals surface area contributed by atoms with Crippen molar-refractivity contribution in [2.45, 2.75) is 25.3 Å². The molecule has 2 rings (SSSR count). The molecule has 0 bridgehead atoms. The van der Waals surface area contributed by atoms with Gasteiger partial charge in [-0.1, -0.05) is 0 Å². The summed E-state index contributed by atoms with van der Waals surface area (Å²) in [6, 6.07) is 0.620. The van der Waals surface area contributed by atoms with Crippen molar-refractivity contribution in [3.05, 3.63) is 0 Å². The number of carbonyl (C=O) groups excluding carboxylic acids is 1. The zero-order valence-electron chi connectivity index (χ0n) is 12.4. The largest absolute Gasteiger partial charge is 0.340 e. The van der Waals surface area contributed by atoms with Crippen molar-refractivity contribution >= 4 is 5.91 Å². The Morgan fingerprint density at radius 1 is 1.32 bits per heavy atom. The zero-order valence-corrected chi connectivity index (χ0v) is 12.4. The van der Waals surface area contributed by atoms with Crippen LogP contribution >= 0.6 is 0 Å². The fraction of sp³-hybridized carbons (Fsp3) is 0.929. The van der Waals surface area contributed by atoms with Crippen LogP contribution in [0.2, 0.25) is 0 Å². The molecule has 0 aromatic rings. The number of likely N-dealkylation sites (N-methyl/N-ethyl adjacent to an activating group) is 2. The fourth-order valence-electron chi connectivity index (χ4n) is 3.03.